The molecular weight excluding hydrogens is 368 g/mol. The molecule has 9 heteroatoms. The second-order valence-corrected chi connectivity index (χ2v) is 6.15. The Morgan fingerprint density at radius 2 is 2.11 bits per heavy atom. The van der Waals surface area contributed by atoms with Crippen molar-refractivity contribution in [1.29, 1.82) is 5.26 Å². The highest BCUT2D eigenvalue weighted by atomic mass is 32.1. The van der Waals surface area contributed by atoms with Crippen LogP contribution in [0.25, 0.3) is 11.3 Å². The van der Waals surface area contributed by atoms with Crippen LogP contribution in [0.15, 0.2) is 53.9 Å². The Morgan fingerprint density at radius 3 is 2.89 bits per heavy atom. The SMILES string of the molecule is N#Cc1ccccc1OCC(=O)Nc1nc(-c2cccc([N+](=O)[O-])c2)cs1. The number of aromatic nitrogens is 1. The van der Waals surface area contributed by atoms with Gasteiger partial charge >= 0.3 is 0 Å². The molecule has 134 valence electrons. The molecule has 0 spiro atoms. The number of benzene rings is 2. The minimum Gasteiger partial charge on any atom is -0.482 e. The summed E-state index contributed by atoms with van der Waals surface area (Å²) in [6.45, 7) is -0.273. The standard InChI is InChI=1S/C18H12N4O4S/c19-9-13-4-1-2-7-16(13)26-10-17(23)21-18-20-15(11-27-18)12-5-3-6-14(8-12)22(24)25/h1-8,11H,10H2,(H,20,21,23). The summed E-state index contributed by atoms with van der Waals surface area (Å²) in [6, 6.07) is 14.7. The van der Waals surface area contributed by atoms with Gasteiger partial charge in [0.05, 0.1) is 16.2 Å². The highest BCUT2D eigenvalue weighted by Crippen LogP contribution is 2.27. The smallest absolute Gasteiger partial charge is 0.270 e. The van der Waals surface area contributed by atoms with E-state index in [1.165, 1.54) is 23.5 Å². The topological polar surface area (TPSA) is 118 Å². The molecule has 8 nitrogen and oxygen atoms in total. The number of rotatable bonds is 6. The Hall–Kier alpha value is -3.77. The number of nitro groups is 1. The third kappa shape index (κ3) is 4.45. The zero-order valence-electron chi connectivity index (χ0n) is 13.8. The maximum Gasteiger partial charge on any atom is 0.270 e. The molecule has 0 atom stereocenters. The van der Waals surface area contributed by atoms with Crippen molar-refractivity contribution in [2.45, 2.75) is 0 Å². The van der Waals surface area contributed by atoms with E-state index in [0.29, 0.717) is 27.7 Å². The highest BCUT2D eigenvalue weighted by Gasteiger charge is 2.12. The number of para-hydroxylation sites is 1. The first-order valence-corrected chi connectivity index (χ1v) is 8.57. The molecule has 0 aliphatic carbocycles. The van der Waals surface area contributed by atoms with Crippen molar-refractivity contribution >= 4 is 28.1 Å². The minimum atomic E-state index is -0.477. The van der Waals surface area contributed by atoms with Crippen molar-refractivity contribution in [3.63, 3.8) is 0 Å². The van der Waals surface area contributed by atoms with Crippen LogP contribution in [-0.2, 0) is 4.79 Å². The van der Waals surface area contributed by atoms with Crippen LogP contribution < -0.4 is 10.1 Å². The average molecular weight is 380 g/mol. The van der Waals surface area contributed by atoms with Crippen molar-refractivity contribution in [3.05, 3.63) is 69.6 Å². The van der Waals surface area contributed by atoms with Crippen LogP contribution in [0.1, 0.15) is 5.56 Å². The average Bonchev–Trinajstić information content (AvgIpc) is 3.15. The van der Waals surface area contributed by atoms with Crippen molar-refractivity contribution in [3.8, 4) is 23.1 Å². The molecule has 0 radical (unpaired) electrons. The molecule has 0 saturated heterocycles. The van der Waals surface area contributed by atoms with Crippen molar-refractivity contribution in [2.75, 3.05) is 11.9 Å². The maximum atomic E-state index is 12.0. The number of nitro benzene ring substituents is 1. The van der Waals surface area contributed by atoms with Crippen LogP contribution >= 0.6 is 11.3 Å². The number of nitriles is 1. The van der Waals surface area contributed by atoms with Crippen LogP contribution in [0.2, 0.25) is 0 Å². The summed E-state index contributed by atoms with van der Waals surface area (Å²) < 4.78 is 5.36. The lowest BCUT2D eigenvalue weighted by Gasteiger charge is -2.06. The van der Waals surface area contributed by atoms with Gasteiger partial charge in [0, 0.05) is 23.1 Å². The monoisotopic (exact) mass is 380 g/mol. The van der Waals surface area contributed by atoms with Crippen molar-refractivity contribution < 1.29 is 14.5 Å². The normalized spacial score (nSPS) is 10.0. The number of carbonyl (C=O) groups excluding carboxylic acids is 1. The lowest BCUT2D eigenvalue weighted by atomic mass is 10.1. The number of carbonyl (C=O) groups is 1. The summed E-state index contributed by atoms with van der Waals surface area (Å²) >= 11 is 1.20. The molecule has 0 saturated carbocycles. The van der Waals surface area contributed by atoms with E-state index in [4.69, 9.17) is 10.00 Å². The van der Waals surface area contributed by atoms with Gasteiger partial charge in [-0.05, 0) is 12.1 Å². The molecule has 0 fully saturated rings. The zero-order valence-corrected chi connectivity index (χ0v) is 14.6. The number of hydrogen-bond donors (Lipinski definition) is 1. The fourth-order valence-corrected chi connectivity index (χ4v) is 2.96. The predicted molar refractivity (Wildman–Crippen MR) is 99.5 cm³/mol. The quantitative estimate of drug-likeness (QED) is 0.515. The number of amides is 1. The van der Waals surface area contributed by atoms with E-state index in [2.05, 4.69) is 10.3 Å². The fourth-order valence-electron chi connectivity index (χ4n) is 2.23. The Bertz CT molecular complexity index is 1040. The van der Waals surface area contributed by atoms with Crippen LogP contribution in [0.5, 0.6) is 5.75 Å². The van der Waals surface area contributed by atoms with E-state index in [0.717, 1.165) is 0 Å². The summed E-state index contributed by atoms with van der Waals surface area (Å²) in [5.41, 5.74) is 1.41. The first-order valence-electron chi connectivity index (χ1n) is 7.69. The fraction of sp³-hybridized carbons (Fsp3) is 0.0556. The predicted octanol–water partition coefficient (Wildman–Crippen LogP) is 3.61. The molecule has 0 unspecified atom stereocenters. The van der Waals surface area contributed by atoms with Crippen molar-refractivity contribution in [2.24, 2.45) is 0 Å². The number of hydrogen-bond acceptors (Lipinski definition) is 7. The first-order chi connectivity index (χ1) is 13.1. The highest BCUT2D eigenvalue weighted by molar-refractivity contribution is 7.14. The molecule has 0 aliphatic rings. The van der Waals surface area contributed by atoms with Crippen LogP contribution in [0.4, 0.5) is 10.8 Å². The van der Waals surface area contributed by atoms with E-state index in [1.54, 1.807) is 41.8 Å². The number of nitrogens with one attached hydrogen (secondary N) is 1. The Kier molecular flexibility index (Phi) is 5.39. The molecule has 27 heavy (non-hydrogen) atoms. The van der Waals surface area contributed by atoms with Gasteiger partial charge in [-0.2, -0.15) is 5.26 Å². The van der Waals surface area contributed by atoms with Crippen LogP contribution in [0.3, 0.4) is 0 Å². The van der Waals surface area contributed by atoms with Gasteiger partial charge in [0.2, 0.25) is 0 Å². The Balaban J connectivity index is 1.64. The summed E-state index contributed by atoms with van der Waals surface area (Å²) in [5.74, 6) is -0.103. The molecular formula is C18H12N4O4S. The minimum absolute atomic E-state index is 0.0318. The van der Waals surface area contributed by atoms with Gasteiger partial charge in [0.15, 0.2) is 11.7 Å². The molecule has 1 aromatic heterocycles. The largest absolute Gasteiger partial charge is 0.482 e. The molecule has 0 aliphatic heterocycles. The van der Waals surface area contributed by atoms with Gasteiger partial charge in [-0.15, -0.1) is 11.3 Å². The lowest BCUT2D eigenvalue weighted by molar-refractivity contribution is -0.384. The number of thiazole rings is 1. The molecule has 1 heterocycles. The van der Waals surface area contributed by atoms with E-state index >= 15 is 0 Å². The zero-order chi connectivity index (χ0) is 19.2. The number of anilines is 1. The Morgan fingerprint density at radius 1 is 1.30 bits per heavy atom. The van der Waals surface area contributed by atoms with Gasteiger partial charge in [-0.1, -0.05) is 24.3 Å². The van der Waals surface area contributed by atoms with E-state index in [1.807, 2.05) is 6.07 Å². The van der Waals surface area contributed by atoms with Crippen LogP contribution in [0, 0.1) is 21.4 Å². The van der Waals surface area contributed by atoms with Crippen molar-refractivity contribution in [1.82, 2.24) is 4.98 Å². The van der Waals surface area contributed by atoms with Crippen LogP contribution in [-0.4, -0.2) is 22.4 Å². The van der Waals surface area contributed by atoms with Gasteiger partial charge in [0.25, 0.3) is 11.6 Å². The Labute approximate surface area is 157 Å². The lowest BCUT2D eigenvalue weighted by Crippen LogP contribution is -2.20. The molecule has 1 amide bonds. The van der Waals surface area contributed by atoms with Gasteiger partial charge < -0.3 is 4.74 Å². The molecule has 3 rings (SSSR count). The summed E-state index contributed by atoms with van der Waals surface area (Å²) in [4.78, 5) is 26.7. The van der Waals surface area contributed by atoms with E-state index < -0.39 is 10.8 Å². The molecule has 3 aromatic rings. The van der Waals surface area contributed by atoms with Gasteiger partial charge in [0.1, 0.15) is 11.8 Å². The summed E-state index contributed by atoms with van der Waals surface area (Å²) in [6.07, 6.45) is 0. The van der Waals surface area contributed by atoms with E-state index in [-0.39, 0.29) is 12.3 Å². The maximum absolute atomic E-state index is 12.0. The summed E-state index contributed by atoms with van der Waals surface area (Å²) in [7, 11) is 0. The molecule has 1 N–H and O–H groups in total. The number of non-ortho nitro benzene ring substituents is 1. The molecule has 0 bridgehead atoms. The number of nitrogens with zero attached hydrogens (tertiary/aromatic N) is 3. The summed E-state index contributed by atoms with van der Waals surface area (Å²) in [5, 5.41) is 24.5. The second kappa shape index (κ2) is 8.07. The molecule has 2 aromatic carbocycles. The number of ether oxygens (including phenoxy) is 1. The van der Waals surface area contributed by atoms with Gasteiger partial charge in [-0.25, -0.2) is 4.98 Å². The third-order valence-electron chi connectivity index (χ3n) is 3.47. The second-order valence-electron chi connectivity index (χ2n) is 5.29. The van der Waals surface area contributed by atoms with Gasteiger partial charge in [-0.3, -0.25) is 20.2 Å². The first kappa shape index (κ1) is 18.0. The van der Waals surface area contributed by atoms with E-state index in [9.17, 15) is 14.9 Å². The third-order valence-corrected chi connectivity index (χ3v) is 4.23.